The predicted molar refractivity (Wildman–Crippen MR) is 68.5 cm³/mol. The van der Waals surface area contributed by atoms with Gasteiger partial charge in [0.15, 0.2) is 0 Å². The molecule has 2 aliphatic heterocycles. The maximum Gasteiger partial charge on any atom is 0.261 e. The van der Waals surface area contributed by atoms with Crippen molar-refractivity contribution in [2.45, 2.75) is 31.5 Å². The molecular weight excluding hydrogens is 260 g/mol. The van der Waals surface area contributed by atoms with Gasteiger partial charge in [0.05, 0.1) is 12.5 Å². The van der Waals surface area contributed by atoms with Crippen LogP contribution in [0.15, 0.2) is 24.3 Å². The van der Waals surface area contributed by atoms with E-state index in [0.717, 1.165) is 4.90 Å². The van der Waals surface area contributed by atoms with Crippen LogP contribution in [0.5, 0.6) is 0 Å². The molecule has 1 aromatic carbocycles. The largest absolute Gasteiger partial charge is 0.372 e. The second-order valence-corrected chi connectivity index (χ2v) is 5.02. The van der Waals surface area contributed by atoms with Gasteiger partial charge in [0.25, 0.3) is 5.91 Å². The van der Waals surface area contributed by atoms with E-state index < -0.39 is 18.2 Å². The number of imide groups is 1. The highest BCUT2D eigenvalue weighted by molar-refractivity contribution is 6.10. The Balaban J connectivity index is 1.93. The van der Waals surface area contributed by atoms with E-state index >= 15 is 0 Å². The van der Waals surface area contributed by atoms with Crippen molar-refractivity contribution in [3.8, 4) is 0 Å². The van der Waals surface area contributed by atoms with Crippen LogP contribution in [0.2, 0.25) is 0 Å². The van der Waals surface area contributed by atoms with Crippen molar-refractivity contribution >= 4 is 17.7 Å². The van der Waals surface area contributed by atoms with Gasteiger partial charge in [-0.2, -0.15) is 0 Å². The summed E-state index contributed by atoms with van der Waals surface area (Å²) in [7, 11) is 0. The van der Waals surface area contributed by atoms with Gasteiger partial charge in [-0.25, -0.2) is 0 Å². The van der Waals surface area contributed by atoms with Gasteiger partial charge in [-0.15, -0.1) is 0 Å². The molecule has 3 amide bonds. The van der Waals surface area contributed by atoms with Gasteiger partial charge >= 0.3 is 0 Å². The molecule has 0 bridgehead atoms. The second-order valence-electron chi connectivity index (χ2n) is 5.02. The number of carbonyl (C=O) groups excluding carboxylic acids is 3. The highest BCUT2D eigenvalue weighted by Crippen LogP contribution is 2.25. The Kier molecular flexibility index (Phi) is 3.02. The number of aliphatic hydroxyl groups excluding tert-OH is 1. The van der Waals surface area contributed by atoms with E-state index in [0.29, 0.717) is 11.1 Å². The Bertz CT molecular complexity index is 599. The number of hydrogen-bond donors (Lipinski definition) is 2. The fraction of sp³-hybridized carbons (Fsp3) is 0.357. The zero-order chi connectivity index (χ0) is 14.3. The van der Waals surface area contributed by atoms with Crippen molar-refractivity contribution in [1.29, 1.82) is 0 Å². The normalized spacial score (nSPS) is 26.2. The van der Waals surface area contributed by atoms with Crippen molar-refractivity contribution in [3.63, 3.8) is 0 Å². The highest BCUT2D eigenvalue weighted by atomic mass is 16.3. The molecule has 0 aromatic heterocycles. The maximum atomic E-state index is 12.4. The molecule has 2 N–H and O–H groups in total. The van der Waals surface area contributed by atoms with Gasteiger partial charge in [0, 0.05) is 12.0 Å². The molecule has 6 heteroatoms. The molecule has 0 saturated carbocycles. The molecule has 3 rings (SSSR count). The van der Waals surface area contributed by atoms with Gasteiger partial charge in [0.1, 0.15) is 6.23 Å². The molecular formula is C14H14N2O4. The molecule has 2 aliphatic rings. The summed E-state index contributed by atoms with van der Waals surface area (Å²) in [4.78, 5) is 36.9. The van der Waals surface area contributed by atoms with Crippen molar-refractivity contribution in [1.82, 2.24) is 10.2 Å². The lowest BCUT2D eigenvalue weighted by Crippen LogP contribution is -2.60. The number of nitrogens with one attached hydrogen (secondary N) is 1. The summed E-state index contributed by atoms with van der Waals surface area (Å²) in [5.74, 6) is -1.02. The van der Waals surface area contributed by atoms with E-state index in [9.17, 15) is 19.5 Å². The Morgan fingerprint density at radius 3 is 2.70 bits per heavy atom. The van der Waals surface area contributed by atoms with Crippen LogP contribution < -0.4 is 5.32 Å². The minimum atomic E-state index is -1.20. The molecule has 0 spiro atoms. The third-order valence-electron chi connectivity index (χ3n) is 3.75. The predicted octanol–water partition coefficient (Wildman–Crippen LogP) is -0.191. The average molecular weight is 274 g/mol. The van der Waals surface area contributed by atoms with Crippen molar-refractivity contribution in [2.24, 2.45) is 0 Å². The van der Waals surface area contributed by atoms with Crippen LogP contribution in [0.25, 0.3) is 0 Å². The summed E-state index contributed by atoms with van der Waals surface area (Å²) in [6.45, 7) is 0. The summed E-state index contributed by atoms with van der Waals surface area (Å²) in [5, 5.41) is 12.3. The summed E-state index contributed by atoms with van der Waals surface area (Å²) in [5.41, 5.74) is 1.18. The number of aliphatic hydroxyl groups is 1. The summed E-state index contributed by atoms with van der Waals surface area (Å²) >= 11 is 0. The van der Waals surface area contributed by atoms with Crippen molar-refractivity contribution in [2.75, 3.05) is 0 Å². The Hall–Kier alpha value is -2.21. The molecule has 20 heavy (non-hydrogen) atoms. The van der Waals surface area contributed by atoms with Gasteiger partial charge in [-0.05, 0) is 18.1 Å². The number of carbonyl (C=O) groups is 3. The van der Waals surface area contributed by atoms with Crippen LogP contribution in [0.4, 0.5) is 0 Å². The topological polar surface area (TPSA) is 86.7 Å². The first kappa shape index (κ1) is 12.8. The third-order valence-corrected chi connectivity index (χ3v) is 3.75. The number of hydrogen-bond acceptors (Lipinski definition) is 4. The van der Waals surface area contributed by atoms with Crippen LogP contribution in [0.1, 0.15) is 28.8 Å². The molecule has 0 radical (unpaired) electrons. The number of piperidine rings is 1. The standard InChI is InChI=1S/C14H14N2O4/c17-11-6-5-10(13(19)15-11)16-12(18)7-8-3-1-2-4-9(8)14(16)20/h1-4,10,13,19H,5-7H2,(H,15,17). The van der Waals surface area contributed by atoms with E-state index in [4.69, 9.17) is 0 Å². The van der Waals surface area contributed by atoms with Crippen LogP contribution in [0, 0.1) is 0 Å². The maximum absolute atomic E-state index is 12.4. The highest BCUT2D eigenvalue weighted by Gasteiger charge is 2.41. The molecule has 1 saturated heterocycles. The molecule has 6 nitrogen and oxygen atoms in total. The molecule has 2 unspecified atom stereocenters. The Morgan fingerprint density at radius 2 is 1.95 bits per heavy atom. The summed E-state index contributed by atoms with van der Waals surface area (Å²) in [6, 6.07) is 6.25. The van der Waals surface area contributed by atoms with Crippen LogP contribution in [-0.4, -0.2) is 40.0 Å². The fourth-order valence-corrected chi connectivity index (χ4v) is 2.75. The SMILES string of the molecule is O=C1CCC(N2C(=O)Cc3ccccc3C2=O)C(O)N1. The zero-order valence-corrected chi connectivity index (χ0v) is 10.7. The van der Waals surface area contributed by atoms with Gasteiger partial charge in [-0.3, -0.25) is 19.3 Å². The number of benzene rings is 1. The van der Waals surface area contributed by atoms with E-state index in [2.05, 4.69) is 5.32 Å². The molecule has 1 aromatic rings. The molecule has 2 atom stereocenters. The van der Waals surface area contributed by atoms with Crippen LogP contribution in [0.3, 0.4) is 0 Å². The lowest BCUT2D eigenvalue weighted by molar-refractivity contribution is -0.139. The van der Waals surface area contributed by atoms with E-state index in [1.807, 2.05) is 0 Å². The fourth-order valence-electron chi connectivity index (χ4n) is 2.75. The molecule has 104 valence electrons. The minimum Gasteiger partial charge on any atom is -0.372 e. The molecule has 1 fully saturated rings. The first-order valence-electron chi connectivity index (χ1n) is 6.49. The number of rotatable bonds is 1. The third kappa shape index (κ3) is 1.98. The van der Waals surface area contributed by atoms with Gasteiger partial charge in [-0.1, -0.05) is 18.2 Å². The minimum absolute atomic E-state index is 0.138. The second kappa shape index (κ2) is 4.72. The average Bonchev–Trinajstić information content (AvgIpc) is 2.41. The zero-order valence-electron chi connectivity index (χ0n) is 10.7. The summed E-state index contributed by atoms with van der Waals surface area (Å²) in [6.07, 6.45) is -0.582. The number of nitrogens with zero attached hydrogens (tertiary/aromatic N) is 1. The Labute approximate surface area is 115 Å². The number of fused-ring (bicyclic) bond motifs is 1. The van der Waals surface area contributed by atoms with E-state index in [1.54, 1.807) is 24.3 Å². The van der Waals surface area contributed by atoms with E-state index in [1.165, 1.54) is 0 Å². The molecule has 2 heterocycles. The number of amides is 3. The monoisotopic (exact) mass is 274 g/mol. The quantitative estimate of drug-likeness (QED) is 0.695. The first-order chi connectivity index (χ1) is 9.58. The molecule has 0 aliphatic carbocycles. The lowest BCUT2D eigenvalue weighted by Gasteiger charge is -2.38. The van der Waals surface area contributed by atoms with Crippen LogP contribution in [-0.2, 0) is 16.0 Å². The van der Waals surface area contributed by atoms with Crippen LogP contribution >= 0.6 is 0 Å². The smallest absolute Gasteiger partial charge is 0.261 e. The lowest BCUT2D eigenvalue weighted by atomic mass is 9.94. The first-order valence-corrected chi connectivity index (χ1v) is 6.49. The van der Waals surface area contributed by atoms with Crippen molar-refractivity contribution in [3.05, 3.63) is 35.4 Å². The Morgan fingerprint density at radius 1 is 1.20 bits per heavy atom. The van der Waals surface area contributed by atoms with Crippen molar-refractivity contribution < 1.29 is 19.5 Å². The van der Waals surface area contributed by atoms with Gasteiger partial charge < -0.3 is 10.4 Å². The van der Waals surface area contributed by atoms with E-state index in [-0.39, 0.29) is 31.1 Å². The summed E-state index contributed by atoms with van der Waals surface area (Å²) < 4.78 is 0. The van der Waals surface area contributed by atoms with Gasteiger partial charge in [0.2, 0.25) is 11.8 Å².